The molecule has 0 amide bonds. The van der Waals surface area contributed by atoms with Gasteiger partial charge in [-0.3, -0.25) is 0 Å². The van der Waals surface area contributed by atoms with Crippen molar-refractivity contribution in [3.8, 4) is 5.75 Å². The first-order valence-corrected chi connectivity index (χ1v) is 6.76. The van der Waals surface area contributed by atoms with Gasteiger partial charge in [-0.1, -0.05) is 31.0 Å². The summed E-state index contributed by atoms with van der Waals surface area (Å²) < 4.78 is 0. The zero-order valence-corrected chi connectivity index (χ0v) is 11.1. The number of hydrogen-bond donors (Lipinski definition) is 3. The molecular weight excluding hydrogens is 226 g/mol. The smallest absolute Gasteiger partial charge is 0.122 e. The molecule has 0 spiro atoms. The molecule has 1 aliphatic carbocycles. The number of aromatic hydroxyl groups is 1. The van der Waals surface area contributed by atoms with Crippen LogP contribution in [0.5, 0.6) is 5.75 Å². The molecule has 1 fully saturated rings. The fourth-order valence-corrected chi connectivity index (χ4v) is 2.84. The Balaban J connectivity index is 1.90. The number of benzene rings is 1. The maximum absolute atomic E-state index is 9.92. The molecule has 0 unspecified atom stereocenters. The van der Waals surface area contributed by atoms with Crippen molar-refractivity contribution in [2.24, 2.45) is 5.41 Å². The van der Waals surface area contributed by atoms with E-state index in [0.717, 1.165) is 30.5 Å². The second-order valence-corrected chi connectivity index (χ2v) is 5.55. The van der Waals surface area contributed by atoms with Crippen LogP contribution >= 0.6 is 0 Å². The summed E-state index contributed by atoms with van der Waals surface area (Å²) in [5.41, 5.74) is 1.91. The maximum atomic E-state index is 9.92. The van der Waals surface area contributed by atoms with Gasteiger partial charge >= 0.3 is 0 Å². The fraction of sp³-hybridized carbons (Fsp3) is 0.600. The molecule has 1 aromatic rings. The van der Waals surface area contributed by atoms with Crippen LogP contribution in [0.15, 0.2) is 18.2 Å². The Morgan fingerprint density at radius 3 is 2.67 bits per heavy atom. The van der Waals surface area contributed by atoms with E-state index in [1.165, 1.54) is 12.8 Å². The van der Waals surface area contributed by atoms with E-state index in [0.29, 0.717) is 12.3 Å². The highest BCUT2D eigenvalue weighted by Crippen LogP contribution is 2.37. The van der Waals surface area contributed by atoms with E-state index in [4.69, 9.17) is 0 Å². The summed E-state index contributed by atoms with van der Waals surface area (Å²) in [6.07, 6.45) is 4.66. The lowest BCUT2D eigenvalue weighted by molar-refractivity contribution is 0.128. The van der Waals surface area contributed by atoms with Gasteiger partial charge in [0.05, 0.1) is 0 Å². The Bertz CT molecular complexity index is 397. The number of phenolic OH excluding ortho intramolecular Hbond substituents is 1. The van der Waals surface area contributed by atoms with Crippen molar-refractivity contribution in [3.63, 3.8) is 0 Å². The molecule has 1 aromatic carbocycles. The highest BCUT2D eigenvalue weighted by atomic mass is 16.3. The minimum atomic E-state index is 0.0689. The normalized spacial score (nSPS) is 18.1. The molecule has 3 heteroatoms. The molecule has 0 heterocycles. The van der Waals surface area contributed by atoms with E-state index in [-0.39, 0.29) is 12.0 Å². The van der Waals surface area contributed by atoms with Gasteiger partial charge in [0.25, 0.3) is 0 Å². The molecule has 3 N–H and O–H groups in total. The number of aliphatic hydroxyl groups excluding tert-OH is 1. The summed E-state index contributed by atoms with van der Waals surface area (Å²) >= 11 is 0. The molecule has 100 valence electrons. The van der Waals surface area contributed by atoms with E-state index in [1.54, 1.807) is 0 Å². The minimum absolute atomic E-state index is 0.0689. The topological polar surface area (TPSA) is 52.5 Å². The average molecular weight is 249 g/mol. The van der Waals surface area contributed by atoms with Crippen molar-refractivity contribution >= 4 is 0 Å². The molecule has 18 heavy (non-hydrogen) atoms. The van der Waals surface area contributed by atoms with E-state index in [2.05, 4.69) is 5.32 Å². The highest BCUT2D eigenvalue weighted by Gasteiger charge is 2.32. The minimum Gasteiger partial charge on any atom is -0.507 e. The summed E-state index contributed by atoms with van der Waals surface area (Å²) in [6.45, 7) is 3.66. The Morgan fingerprint density at radius 2 is 2.00 bits per heavy atom. The predicted octanol–water partition coefficient (Wildman–Crippen LogP) is 2.34. The second-order valence-electron chi connectivity index (χ2n) is 5.55. The number of nitrogens with one attached hydrogen (secondary N) is 1. The zero-order chi connectivity index (χ0) is 13.0. The Labute approximate surface area is 109 Å². The summed E-state index contributed by atoms with van der Waals surface area (Å²) in [7, 11) is 0. The van der Waals surface area contributed by atoms with Crippen molar-refractivity contribution in [1.82, 2.24) is 5.32 Å². The summed E-state index contributed by atoms with van der Waals surface area (Å²) in [5, 5.41) is 22.8. The number of aliphatic hydroxyl groups is 1. The zero-order valence-electron chi connectivity index (χ0n) is 11.1. The summed E-state index contributed by atoms with van der Waals surface area (Å²) in [6, 6.07) is 5.81. The van der Waals surface area contributed by atoms with Crippen LogP contribution in [0.4, 0.5) is 0 Å². The van der Waals surface area contributed by atoms with E-state index >= 15 is 0 Å². The van der Waals surface area contributed by atoms with E-state index in [9.17, 15) is 10.2 Å². The number of aryl methyl sites for hydroxylation is 1. The summed E-state index contributed by atoms with van der Waals surface area (Å²) in [5.74, 6) is 0.384. The second kappa shape index (κ2) is 5.72. The Morgan fingerprint density at radius 1 is 1.28 bits per heavy atom. The van der Waals surface area contributed by atoms with Gasteiger partial charge in [-0.25, -0.2) is 0 Å². The van der Waals surface area contributed by atoms with Gasteiger partial charge in [-0.2, -0.15) is 0 Å². The number of rotatable bonds is 5. The van der Waals surface area contributed by atoms with Crippen LogP contribution in [0.1, 0.15) is 36.8 Å². The highest BCUT2D eigenvalue weighted by molar-refractivity contribution is 5.39. The van der Waals surface area contributed by atoms with Crippen LogP contribution in [0.25, 0.3) is 0 Å². The molecule has 0 saturated heterocycles. The third kappa shape index (κ3) is 2.85. The van der Waals surface area contributed by atoms with E-state index < -0.39 is 0 Å². The van der Waals surface area contributed by atoms with Crippen molar-refractivity contribution in [1.29, 1.82) is 0 Å². The van der Waals surface area contributed by atoms with Gasteiger partial charge in [-0.15, -0.1) is 0 Å². The molecule has 0 radical (unpaired) electrons. The molecule has 0 aliphatic heterocycles. The number of phenols is 1. The third-order valence-electron chi connectivity index (χ3n) is 4.14. The van der Waals surface area contributed by atoms with Crippen LogP contribution < -0.4 is 5.32 Å². The molecule has 1 saturated carbocycles. The van der Waals surface area contributed by atoms with Crippen molar-refractivity contribution in [3.05, 3.63) is 29.3 Å². The van der Waals surface area contributed by atoms with Crippen LogP contribution in [-0.4, -0.2) is 23.4 Å². The largest absolute Gasteiger partial charge is 0.507 e. The van der Waals surface area contributed by atoms with Crippen molar-refractivity contribution in [2.45, 2.75) is 39.2 Å². The first-order chi connectivity index (χ1) is 8.67. The molecule has 0 aromatic heterocycles. The molecule has 1 aliphatic rings. The molecule has 2 rings (SSSR count). The lowest BCUT2D eigenvalue weighted by Crippen LogP contribution is -2.34. The van der Waals surface area contributed by atoms with Gasteiger partial charge in [0.15, 0.2) is 0 Å². The molecular formula is C15H23NO2. The molecule has 0 bridgehead atoms. The van der Waals surface area contributed by atoms with Crippen molar-refractivity contribution in [2.75, 3.05) is 13.2 Å². The monoisotopic (exact) mass is 249 g/mol. The Kier molecular flexibility index (Phi) is 4.25. The molecule has 3 nitrogen and oxygen atoms in total. The SMILES string of the molecule is Cc1cccc(CNCC2(CO)CCCC2)c1O. The van der Waals surface area contributed by atoms with Crippen molar-refractivity contribution < 1.29 is 10.2 Å². The third-order valence-corrected chi connectivity index (χ3v) is 4.14. The number of para-hydroxylation sites is 1. The van der Waals surface area contributed by atoms with Crippen LogP contribution in [0, 0.1) is 12.3 Å². The first kappa shape index (κ1) is 13.4. The quantitative estimate of drug-likeness (QED) is 0.751. The van der Waals surface area contributed by atoms with Gasteiger partial charge < -0.3 is 15.5 Å². The molecule has 0 atom stereocenters. The van der Waals surface area contributed by atoms with Gasteiger partial charge in [0.2, 0.25) is 0 Å². The first-order valence-electron chi connectivity index (χ1n) is 6.76. The Hall–Kier alpha value is -1.06. The lowest BCUT2D eigenvalue weighted by atomic mass is 9.87. The van der Waals surface area contributed by atoms with Crippen LogP contribution in [-0.2, 0) is 6.54 Å². The maximum Gasteiger partial charge on any atom is 0.122 e. The summed E-state index contributed by atoms with van der Waals surface area (Å²) in [4.78, 5) is 0. The predicted molar refractivity (Wildman–Crippen MR) is 72.5 cm³/mol. The number of hydrogen-bond acceptors (Lipinski definition) is 3. The average Bonchev–Trinajstić information content (AvgIpc) is 2.84. The van der Waals surface area contributed by atoms with Gasteiger partial charge in [-0.05, 0) is 25.3 Å². The fourth-order valence-electron chi connectivity index (χ4n) is 2.84. The van der Waals surface area contributed by atoms with Crippen LogP contribution in [0.2, 0.25) is 0 Å². The van der Waals surface area contributed by atoms with Gasteiger partial charge in [0.1, 0.15) is 5.75 Å². The standard InChI is InChI=1S/C15H23NO2/c1-12-5-4-6-13(14(12)18)9-16-10-15(11-17)7-2-3-8-15/h4-6,16-18H,2-3,7-11H2,1H3. The van der Waals surface area contributed by atoms with E-state index in [1.807, 2.05) is 25.1 Å². The lowest BCUT2D eigenvalue weighted by Gasteiger charge is -2.26. The van der Waals surface area contributed by atoms with Crippen LogP contribution in [0.3, 0.4) is 0 Å². The van der Waals surface area contributed by atoms with Gasteiger partial charge in [0, 0.05) is 30.7 Å².